The van der Waals surface area contributed by atoms with Gasteiger partial charge in [0.05, 0.1) is 34.8 Å². The molecule has 1 aliphatic heterocycles. The SMILES string of the molecule is N#Cc1ccc(N2C(=O)N(c3ccc(C(N)=O)c(F)c3)[C@H]3CCCC[C@@H]32)cc1C(F)(F)F. The average molecular weight is 446 g/mol. The van der Waals surface area contributed by atoms with Gasteiger partial charge in [0.1, 0.15) is 5.82 Å². The van der Waals surface area contributed by atoms with Gasteiger partial charge in [-0.3, -0.25) is 14.6 Å². The number of anilines is 2. The van der Waals surface area contributed by atoms with Crippen molar-refractivity contribution in [2.45, 2.75) is 43.9 Å². The fourth-order valence-electron chi connectivity index (χ4n) is 4.57. The van der Waals surface area contributed by atoms with E-state index in [1.807, 2.05) is 0 Å². The van der Waals surface area contributed by atoms with Gasteiger partial charge >= 0.3 is 12.2 Å². The lowest BCUT2D eigenvalue weighted by molar-refractivity contribution is -0.137. The number of nitrogens with two attached hydrogens (primary N) is 1. The molecule has 3 amide bonds. The first-order valence-corrected chi connectivity index (χ1v) is 9.96. The van der Waals surface area contributed by atoms with Crippen LogP contribution in [0.15, 0.2) is 36.4 Å². The molecule has 1 heterocycles. The summed E-state index contributed by atoms with van der Waals surface area (Å²) in [5.74, 6) is -1.83. The molecule has 10 heteroatoms. The standard InChI is InChI=1S/C22H18F4N4O2/c23-17-10-14(7-8-15(17)20(28)31)30-19-4-2-1-3-18(19)29(21(30)32)13-6-5-12(11-27)16(9-13)22(24,25)26/h5-10,18-19H,1-4H2,(H2,28,31)/t18-,19-/m0/s1. The van der Waals surface area contributed by atoms with Gasteiger partial charge in [-0.1, -0.05) is 12.8 Å². The van der Waals surface area contributed by atoms with E-state index in [0.717, 1.165) is 31.0 Å². The Balaban J connectivity index is 1.79. The molecule has 1 aliphatic carbocycles. The van der Waals surface area contributed by atoms with Crippen molar-refractivity contribution in [3.63, 3.8) is 0 Å². The van der Waals surface area contributed by atoms with Crippen LogP contribution in [0.1, 0.15) is 47.2 Å². The number of carbonyl (C=O) groups is 2. The summed E-state index contributed by atoms with van der Waals surface area (Å²) in [4.78, 5) is 27.4. The van der Waals surface area contributed by atoms with Crippen molar-refractivity contribution < 1.29 is 27.2 Å². The maximum atomic E-state index is 14.4. The molecule has 2 aromatic rings. The summed E-state index contributed by atoms with van der Waals surface area (Å²) in [5, 5.41) is 9.05. The molecule has 4 rings (SSSR count). The lowest BCUT2D eigenvalue weighted by Gasteiger charge is -2.32. The van der Waals surface area contributed by atoms with Crippen LogP contribution in [0.4, 0.5) is 33.7 Å². The number of halogens is 4. The monoisotopic (exact) mass is 446 g/mol. The van der Waals surface area contributed by atoms with E-state index < -0.39 is 41.1 Å². The predicted octanol–water partition coefficient (Wildman–Crippen LogP) is 4.57. The van der Waals surface area contributed by atoms with Crippen LogP contribution in [0.2, 0.25) is 0 Å². The van der Waals surface area contributed by atoms with Crippen molar-refractivity contribution in [2.24, 2.45) is 5.73 Å². The van der Waals surface area contributed by atoms with Gasteiger partial charge in [-0.25, -0.2) is 9.18 Å². The molecule has 2 aliphatic rings. The number of amides is 3. The lowest BCUT2D eigenvalue weighted by Crippen LogP contribution is -2.40. The van der Waals surface area contributed by atoms with Crippen molar-refractivity contribution in [3.05, 3.63) is 58.9 Å². The summed E-state index contributed by atoms with van der Waals surface area (Å²) in [5.41, 5.74) is 3.39. The first-order chi connectivity index (χ1) is 15.1. The summed E-state index contributed by atoms with van der Waals surface area (Å²) >= 11 is 0. The topological polar surface area (TPSA) is 90.4 Å². The second-order valence-electron chi connectivity index (χ2n) is 7.81. The molecule has 0 radical (unpaired) electrons. The van der Waals surface area contributed by atoms with E-state index in [1.165, 1.54) is 34.1 Å². The number of rotatable bonds is 3. The number of nitrogens with zero attached hydrogens (tertiary/aromatic N) is 3. The third-order valence-corrected chi connectivity index (χ3v) is 5.97. The van der Waals surface area contributed by atoms with Gasteiger partial charge in [-0.05, 0) is 49.2 Å². The van der Waals surface area contributed by atoms with Gasteiger partial charge in [-0.2, -0.15) is 18.4 Å². The van der Waals surface area contributed by atoms with Gasteiger partial charge < -0.3 is 5.73 Å². The first-order valence-electron chi connectivity index (χ1n) is 9.96. The molecule has 2 aromatic carbocycles. The largest absolute Gasteiger partial charge is 0.417 e. The third kappa shape index (κ3) is 3.53. The van der Waals surface area contributed by atoms with E-state index in [0.29, 0.717) is 12.8 Å². The second kappa shape index (κ2) is 7.82. The highest BCUT2D eigenvalue weighted by molar-refractivity contribution is 6.08. The number of primary amides is 1. The van der Waals surface area contributed by atoms with Crippen molar-refractivity contribution in [1.82, 2.24) is 0 Å². The molecule has 0 unspecified atom stereocenters. The van der Waals surface area contributed by atoms with Crippen LogP contribution < -0.4 is 15.5 Å². The summed E-state index contributed by atoms with van der Waals surface area (Å²) < 4.78 is 54.8. The summed E-state index contributed by atoms with van der Waals surface area (Å²) in [6, 6.07) is 6.94. The minimum Gasteiger partial charge on any atom is -0.366 e. The number of fused-ring (bicyclic) bond motifs is 1. The highest BCUT2D eigenvalue weighted by Crippen LogP contribution is 2.42. The van der Waals surface area contributed by atoms with Crippen molar-refractivity contribution in [3.8, 4) is 6.07 Å². The van der Waals surface area contributed by atoms with E-state index in [1.54, 1.807) is 0 Å². The molecular formula is C22H18F4N4O2. The number of alkyl halides is 3. The molecule has 0 aromatic heterocycles. The summed E-state index contributed by atoms with van der Waals surface area (Å²) in [7, 11) is 0. The highest BCUT2D eigenvalue weighted by atomic mass is 19.4. The molecule has 6 nitrogen and oxygen atoms in total. The van der Waals surface area contributed by atoms with E-state index in [9.17, 15) is 27.2 Å². The van der Waals surface area contributed by atoms with Crippen LogP contribution in [-0.4, -0.2) is 24.0 Å². The van der Waals surface area contributed by atoms with Crippen LogP contribution in [0, 0.1) is 17.1 Å². The number of hydrogen-bond acceptors (Lipinski definition) is 3. The van der Waals surface area contributed by atoms with Crippen molar-refractivity contribution in [1.29, 1.82) is 5.26 Å². The Morgan fingerprint density at radius 2 is 1.59 bits per heavy atom. The molecule has 2 fully saturated rings. The third-order valence-electron chi connectivity index (χ3n) is 5.97. The Morgan fingerprint density at radius 1 is 1.03 bits per heavy atom. The molecule has 0 bridgehead atoms. The van der Waals surface area contributed by atoms with Crippen LogP contribution in [0.25, 0.3) is 0 Å². The average Bonchev–Trinajstić information content (AvgIpc) is 3.04. The van der Waals surface area contributed by atoms with Gasteiger partial charge in [0, 0.05) is 11.4 Å². The zero-order chi connectivity index (χ0) is 23.2. The Labute approximate surface area is 180 Å². The minimum atomic E-state index is -4.76. The van der Waals surface area contributed by atoms with Gasteiger partial charge in [0.15, 0.2) is 0 Å². The van der Waals surface area contributed by atoms with Gasteiger partial charge in [0.2, 0.25) is 0 Å². The zero-order valence-corrected chi connectivity index (χ0v) is 16.7. The van der Waals surface area contributed by atoms with E-state index in [-0.39, 0.29) is 23.0 Å². The highest BCUT2D eigenvalue weighted by Gasteiger charge is 2.48. The Morgan fingerprint density at radius 3 is 2.09 bits per heavy atom. The quantitative estimate of drug-likeness (QED) is 0.700. The van der Waals surface area contributed by atoms with Crippen LogP contribution >= 0.6 is 0 Å². The molecule has 2 N–H and O–H groups in total. The van der Waals surface area contributed by atoms with Crippen molar-refractivity contribution in [2.75, 3.05) is 9.80 Å². The summed E-state index contributed by atoms with van der Waals surface area (Å²) in [6.45, 7) is 0. The molecule has 2 atom stereocenters. The lowest BCUT2D eigenvalue weighted by atomic mass is 9.89. The van der Waals surface area contributed by atoms with E-state index in [2.05, 4.69) is 0 Å². The Kier molecular flexibility index (Phi) is 5.28. The molecule has 0 spiro atoms. The number of urea groups is 1. The number of carbonyl (C=O) groups excluding carboxylic acids is 2. The number of benzene rings is 2. The van der Waals surface area contributed by atoms with Crippen LogP contribution in [-0.2, 0) is 6.18 Å². The fraction of sp³-hybridized carbons (Fsp3) is 0.318. The summed E-state index contributed by atoms with van der Waals surface area (Å²) in [6.07, 6.45) is -2.01. The molecule has 166 valence electrons. The van der Waals surface area contributed by atoms with Gasteiger partial charge in [-0.15, -0.1) is 0 Å². The molecular weight excluding hydrogens is 428 g/mol. The maximum Gasteiger partial charge on any atom is 0.417 e. The first kappa shape index (κ1) is 21.6. The molecule has 32 heavy (non-hydrogen) atoms. The molecule has 1 saturated carbocycles. The van der Waals surface area contributed by atoms with Gasteiger partial charge in [0.25, 0.3) is 5.91 Å². The normalized spacial score (nSPS) is 20.8. The Bertz CT molecular complexity index is 1140. The van der Waals surface area contributed by atoms with E-state index >= 15 is 0 Å². The van der Waals surface area contributed by atoms with Crippen LogP contribution in [0.5, 0.6) is 0 Å². The smallest absolute Gasteiger partial charge is 0.366 e. The van der Waals surface area contributed by atoms with Crippen molar-refractivity contribution >= 4 is 23.3 Å². The predicted molar refractivity (Wildman–Crippen MR) is 107 cm³/mol. The van der Waals surface area contributed by atoms with Crippen LogP contribution in [0.3, 0.4) is 0 Å². The Hall–Kier alpha value is -3.61. The number of nitriles is 1. The molecule has 1 saturated heterocycles. The maximum absolute atomic E-state index is 14.4. The fourth-order valence-corrected chi connectivity index (χ4v) is 4.57. The second-order valence-corrected chi connectivity index (χ2v) is 7.81. The zero-order valence-electron chi connectivity index (χ0n) is 16.7. The van der Waals surface area contributed by atoms with E-state index in [4.69, 9.17) is 11.0 Å². The number of hydrogen-bond donors (Lipinski definition) is 1. The minimum absolute atomic E-state index is 0.0231.